The number of carboxylic acid groups (broad SMARTS) is 1. The number of ether oxygens (including phenoxy) is 1. The highest BCUT2D eigenvalue weighted by molar-refractivity contribution is 6.29. The molecule has 4 saturated heterocycles. The van der Waals surface area contributed by atoms with E-state index in [1.807, 2.05) is 11.0 Å². The monoisotopic (exact) mass is 1120 g/mol. The number of amides is 4. The summed E-state index contributed by atoms with van der Waals surface area (Å²) in [5, 5.41) is 25.5. The molecule has 2 N–H and O–H groups in total. The van der Waals surface area contributed by atoms with E-state index < -0.39 is 52.5 Å². The third-order valence-electron chi connectivity index (χ3n) is 15.0. The maximum Gasteiger partial charge on any atom is 0.490 e. The number of methoxy groups -OCH3 is 1. The average molecular weight is 1120 g/mol. The molecule has 2 aromatic heterocycles. The summed E-state index contributed by atoms with van der Waals surface area (Å²) in [6.07, 6.45) is 4.40. The number of esters is 1. The van der Waals surface area contributed by atoms with Crippen molar-refractivity contribution in [2.45, 2.75) is 108 Å². The number of aliphatic carboxylic acids is 1. The lowest BCUT2D eigenvalue weighted by molar-refractivity contribution is -0.192. The van der Waals surface area contributed by atoms with Crippen LogP contribution < -0.4 is 10.2 Å². The molecule has 2 saturated carbocycles. The first kappa shape index (κ1) is 58.7. The summed E-state index contributed by atoms with van der Waals surface area (Å²) >= 11 is 5.43. The van der Waals surface area contributed by atoms with E-state index in [0.29, 0.717) is 55.0 Å². The Morgan fingerprint density at radius 1 is 0.692 bits per heavy atom. The molecule has 78 heavy (non-hydrogen) atoms. The van der Waals surface area contributed by atoms with Gasteiger partial charge < -0.3 is 39.7 Å². The number of benzene rings is 2. The highest BCUT2D eigenvalue weighted by Crippen LogP contribution is 2.40. The summed E-state index contributed by atoms with van der Waals surface area (Å²) in [7, 11) is 1.28. The predicted octanol–water partition coefficient (Wildman–Crippen LogP) is 6.37. The molecule has 4 amide bonds. The highest BCUT2D eigenvalue weighted by Gasteiger charge is 2.61. The number of carbonyl (C=O) groups excluding carboxylic acids is 5. The van der Waals surface area contributed by atoms with Crippen molar-refractivity contribution in [3.05, 3.63) is 112 Å². The van der Waals surface area contributed by atoms with Crippen molar-refractivity contribution in [1.29, 1.82) is 0 Å². The van der Waals surface area contributed by atoms with Gasteiger partial charge in [0.05, 0.1) is 20.2 Å². The Kier molecular flexibility index (Phi) is 18.6. The predicted molar refractivity (Wildman–Crippen MR) is 265 cm³/mol. The molecule has 2 aliphatic carbocycles. The summed E-state index contributed by atoms with van der Waals surface area (Å²) in [6, 6.07) is 13.9. The number of carboxylic acids is 1. The van der Waals surface area contributed by atoms with Crippen LogP contribution in [0.15, 0.2) is 66.9 Å². The molecule has 18 nitrogen and oxygen atoms in total. The topological polar surface area (TPSA) is 212 Å². The molecule has 6 heterocycles. The number of hydrogen-bond donors (Lipinski definition) is 2. The zero-order chi connectivity index (χ0) is 56.7. The lowest BCUT2D eigenvalue weighted by Crippen LogP contribution is -2.81. The smallest absolute Gasteiger partial charge is 0.475 e. The van der Waals surface area contributed by atoms with E-state index in [1.165, 1.54) is 31.4 Å². The van der Waals surface area contributed by atoms with Crippen LogP contribution in [0, 0.1) is 35.1 Å². The molecule has 6 fully saturated rings. The molecule has 4 aromatic rings. The second kappa shape index (κ2) is 24.8. The number of alkyl halides is 3. The fraction of sp³-hybridized carbons (Fsp3) is 0.500. The van der Waals surface area contributed by atoms with Gasteiger partial charge in [-0.25, -0.2) is 27.2 Å². The van der Waals surface area contributed by atoms with Crippen LogP contribution in [0.3, 0.4) is 0 Å². The molecule has 0 atom stereocenters. The molecule has 26 heteroatoms. The lowest BCUT2D eigenvalue weighted by atomic mass is 9.80. The number of aromatic nitrogens is 4. The van der Waals surface area contributed by atoms with Crippen molar-refractivity contribution in [2.24, 2.45) is 11.8 Å². The molecule has 0 unspecified atom stereocenters. The maximum absolute atomic E-state index is 13.9. The zero-order valence-electron chi connectivity index (χ0n) is 42.8. The first-order valence-corrected chi connectivity index (χ1v) is 25.6. The third kappa shape index (κ3) is 13.3. The van der Waals surface area contributed by atoms with Gasteiger partial charge >= 0.3 is 18.1 Å². The molecule has 4 aliphatic heterocycles. The van der Waals surface area contributed by atoms with Crippen molar-refractivity contribution in [3.63, 3.8) is 0 Å². The van der Waals surface area contributed by atoms with Gasteiger partial charge in [0.2, 0.25) is 11.8 Å². The van der Waals surface area contributed by atoms with Gasteiger partial charge in [0.15, 0.2) is 45.5 Å². The Morgan fingerprint density at radius 2 is 1.17 bits per heavy atom. The van der Waals surface area contributed by atoms with Crippen LogP contribution in [0.2, 0.25) is 5.15 Å². The quantitative estimate of drug-likeness (QED) is 0.145. The molecule has 6 aliphatic rings. The Bertz CT molecular complexity index is 2810. The number of rotatable bonds is 8. The van der Waals surface area contributed by atoms with Crippen molar-refractivity contribution in [3.8, 4) is 0 Å². The average Bonchev–Trinajstić information content (AvgIpc) is 3.39. The van der Waals surface area contributed by atoms with E-state index in [2.05, 4.69) is 44.3 Å². The normalized spacial score (nSPS) is 22.5. The number of halogens is 8. The Morgan fingerprint density at radius 3 is 1.55 bits per heavy atom. The summed E-state index contributed by atoms with van der Waals surface area (Å²) < 4.78 is 90.2. The molecule has 0 radical (unpaired) electrons. The first-order chi connectivity index (χ1) is 37.0. The molecule has 10 rings (SSSR count). The van der Waals surface area contributed by atoms with Gasteiger partial charge in [0, 0.05) is 44.5 Å². The molecule has 2 aromatic carbocycles. The van der Waals surface area contributed by atoms with E-state index in [0.717, 1.165) is 75.6 Å². The lowest BCUT2D eigenvalue weighted by Gasteiger charge is -2.59. The van der Waals surface area contributed by atoms with Crippen LogP contribution in [0.4, 0.5) is 36.6 Å². The summed E-state index contributed by atoms with van der Waals surface area (Å²) in [6.45, 7) is 6.08. The van der Waals surface area contributed by atoms with Crippen molar-refractivity contribution in [2.75, 3.05) is 51.3 Å². The number of hydrogen-bond acceptors (Lipinski definition) is 13. The van der Waals surface area contributed by atoms with Gasteiger partial charge in [-0.15, -0.1) is 15.3 Å². The third-order valence-corrected chi connectivity index (χ3v) is 15.2. The first-order valence-electron chi connectivity index (χ1n) is 25.2. The Labute approximate surface area is 449 Å². The standard InChI is InChI=1S/C24H27F2N5O2.C20H25F2N3O2.C6H5ClN2O2.C2HF3O2/c1-16-4-7-18(8-5-16)30-13-22(32)31(12-17-6-9-19(25)20(26)11-17)24(23(30)33)14-29(15-24)21-3-2-10-27-28-21;1-13-2-5-15(6-3-13)24-10-18(26)25(20(19(24)27)11-23-12-20)9-14-4-7-16(21)17(22)8-14;1-11-6(10)4-2-3-5(7)9-8-4;3-2(4,5)1(6)7/h2-3,6,9-11,16,18H,4-5,7-8,12-15H2,1H3;4,7-8,13,15,23H,2-3,5-6,9-12H2,1H3;2-3H,1H3;(H,6,7). The minimum atomic E-state index is -5.08. The van der Waals surface area contributed by atoms with Gasteiger partial charge in [-0.3, -0.25) is 19.2 Å². The van der Waals surface area contributed by atoms with Crippen LogP contribution in [0.5, 0.6) is 0 Å². The summed E-state index contributed by atoms with van der Waals surface area (Å²) in [5.74, 6) is -5.48. The van der Waals surface area contributed by atoms with Crippen molar-refractivity contribution < 1.29 is 69.3 Å². The largest absolute Gasteiger partial charge is 0.490 e. The number of nitrogens with one attached hydrogen (secondary N) is 1. The maximum atomic E-state index is 13.9. The second-order valence-corrected chi connectivity index (χ2v) is 20.7. The number of anilines is 1. The van der Waals surface area contributed by atoms with Crippen LogP contribution >= 0.6 is 11.6 Å². The molecule has 420 valence electrons. The fourth-order valence-corrected chi connectivity index (χ4v) is 10.5. The molecular formula is C52H58ClF7N10O8. The van der Waals surface area contributed by atoms with Crippen molar-refractivity contribution >= 4 is 53.0 Å². The van der Waals surface area contributed by atoms with Crippen LogP contribution in [0.1, 0.15) is 86.8 Å². The minimum Gasteiger partial charge on any atom is -0.475 e. The molecule has 2 spiro atoms. The van der Waals surface area contributed by atoms with Crippen LogP contribution in [-0.2, 0) is 41.8 Å². The van der Waals surface area contributed by atoms with Gasteiger partial charge in [-0.1, -0.05) is 37.6 Å². The summed E-state index contributed by atoms with van der Waals surface area (Å²) in [5.41, 5.74) is -0.866. The van der Waals surface area contributed by atoms with E-state index in [4.69, 9.17) is 21.5 Å². The Balaban J connectivity index is 0.000000174. The minimum absolute atomic E-state index is 0.0111. The van der Waals surface area contributed by atoms with Crippen LogP contribution in [0.25, 0.3) is 0 Å². The van der Waals surface area contributed by atoms with E-state index in [1.54, 1.807) is 31.9 Å². The number of piperazine rings is 2. The number of carbonyl (C=O) groups is 6. The summed E-state index contributed by atoms with van der Waals surface area (Å²) in [4.78, 5) is 81.8. The van der Waals surface area contributed by atoms with Crippen molar-refractivity contribution in [1.82, 2.24) is 45.3 Å². The molecular weight excluding hydrogens is 1060 g/mol. The van der Waals surface area contributed by atoms with E-state index in [9.17, 15) is 54.7 Å². The SMILES string of the molecule is CC1CCC(N2CC(=O)N(Cc3ccc(F)c(F)c3)C3(CN(c4cccnn4)C3)C2=O)CC1.CC1CCC(N2CC(=O)N(Cc3ccc(F)c(F)c3)C3(CNC3)C2=O)CC1.COC(=O)c1ccc(Cl)nn1.O=C(O)C(F)(F)F. The van der Waals surface area contributed by atoms with Gasteiger partial charge in [-0.2, -0.15) is 18.3 Å². The van der Waals surface area contributed by atoms with Gasteiger partial charge in [-0.05, 0) is 123 Å². The molecule has 0 bridgehead atoms. The van der Waals surface area contributed by atoms with Gasteiger partial charge in [0.1, 0.15) is 18.6 Å². The van der Waals surface area contributed by atoms with Crippen LogP contribution in [-0.4, -0.2) is 156 Å². The number of nitrogens with zero attached hydrogens (tertiary/aromatic N) is 9. The highest BCUT2D eigenvalue weighted by atomic mass is 35.5. The van der Waals surface area contributed by atoms with E-state index >= 15 is 0 Å². The van der Waals surface area contributed by atoms with E-state index in [-0.39, 0.29) is 72.7 Å². The zero-order valence-corrected chi connectivity index (χ0v) is 43.6. The van der Waals surface area contributed by atoms with Gasteiger partial charge in [0.25, 0.3) is 11.8 Å². The second-order valence-electron chi connectivity index (χ2n) is 20.3. The fourth-order valence-electron chi connectivity index (χ4n) is 10.4. The Hall–Kier alpha value is -7.02.